The van der Waals surface area contributed by atoms with Crippen molar-refractivity contribution in [2.45, 2.75) is 31.0 Å². The van der Waals surface area contributed by atoms with Gasteiger partial charge in [0.25, 0.3) is 5.56 Å². The Hall–Kier alpha value is -2.12. The zero-order valence-corrected chi connectivity index (χ0v) is 16.9. The summed E-state index contributed by atoms with van der Waals surface area (Å²) in [5.41, 5.74) is 0.998. The number of rotatable bonds is 6. The first-order valence-corrected chi connectivity index (χ1v) is 10.8. The summed E-state index contributed by atoms with van der Waals surface area (Å²) in [7, 11) is 1.71. The Labute approximate surface area is 165 Å². The van der Waals surface area contributed by atoms with Crippen molar-refractivity contribution in [2.24, 2.45) is 13.0 Å². The summed E-state index contributed by atoms with van der Waals surface area (Å²) in [5, 5.41) is 4.23. The Balaban J connectivity index is 1.55. The van der Waals surface area contributed by atoms with Gasteiger partial charge in [0.15, 0.2) is 5.16 Å². The standard InChI is InChI=1S/C20H21N3O2S2/c1-12(13-8-9-13)21-17(24)11-26-20-22-18-15(19(25)23(20)2)10-16(27-18)14-6-4-3-5-7-14/h3-7,10,12-13H,8-9,11H2,1-2H3,(H,21,24). The molecule has 1 aliphatic carbocycles. The Morgan fingerprint density at radius 3 is 2.81 bits per heavy atom. The number of amides is 1. The Bertz CT molecular complexity index is 1040. The molecule has 27 heavy (non-hydrogen) atoms. The normalized spacial score (nSPS) is 15.0. The summed E-state index contributed by atoms with van der Waals surface area (Å²) in [5.74, 6) is 0.880. The molecule has 140 valence electrons. The van der Waals surface area contributed by atoms with Gasteiger partial charge >= 0.3 is 0 Å². The van der Waals surface area contributed by atoms with E-state index in [4.69, 9.17) is 0 Å². The van der Waals surface area contributed by atoms with Crippen molar-refractivity contribution >= 4 is 39.2 Å². The van der Waals surface area contributed by atoms with Crippen LogP contribution in [0.1, 0.15) is 19.8 Å². The van der Waals surface area contributed by atoms with Crippen LogP contribution in [0.2, 0.25) is 0 Å². The second-order valence-corrected chi connectivity index (χ2v) is 8.91. The number of nitrogens with one attached hydrogen (secondary N) is 1. The molecule has 1 aromatic carbocycles. The number of carbonyl (C=O) groups excluding carboxylic acids is 1. The Morgan fingerprint density at radius 2 is 2.11 bits per heavy atom. The number of aromatic nitrogens is 2. The summed E-state index contributed by atoms with van der Waals surface area (Å²) < 4.78 is 1.53. The number of thiophene rings is 1. The highest BCUT2D eigenvalue weighted by molar-refractivity contribution is 7.99. The molecule has 0 radical (unpaired) electrons. The summed E-state index contributed by atoms with van der Waals surface area (Å²) in [4.78, 5) is 31.3. The van der Waals surface area contributed by atoms with Gasteiger partial charge in [0.1, 0.15) is 4.83 Å². The number of thioether (sulfide) groups is 1. The molecular weight excluding hydrogens is 378 g/mol. The highest BCUT2D eigenvalue weighted by Gasteiger charge is 2.28. The number of carbonyl (C=O) groups is 1. The Morgan fingerprint density at radius 1 is 1.37 bits per heavy atom. The van der Waals surface area contributed by atoms with Gasteiger partial charge in [-0.2, -0.15) is 0 Å². The minimum atomic E-state index is -0.0762. The van der Waals surface area contributed by atoms with E-state index in [2.05, 4.69) is 17.2 Å². The third-order valence-electron chi connectivity index (χ3n) is 4.84. The zero-order valence-electron chi connectivity index (χ0n) is 15.3. The van der Waals surface area contributed by atoms with Gasteiger partial charge in [0.05, 0.1) is 11.1 Å². The third kappa shape index (κ3) is 3.94. The van der Waals surface area contributed by atoms with Gasteiger partial charge in [-0.05, 0) is 37.3 Å². The second kappa shape index (κ2) is 7.48. The highest BCUT2D eigenvalue weighted by atomic mass is 32.2. The SMILES string of the molecule is CC(NC(=O)CSc1nc2sc(-c3ccccc3)cc2c(=O)n1C)C1CC1. The van der Waals surface area contributed by atoms with Gasteiger partial charge in [-0.3, -0.25) is 14.2 Å². The molecule has 1 N–H and O–H groups in total. The summed E-state index contributed by atoms with van der Waals surface area (Å²) in [6.45, 7) is 2.05. The van der Waals surface area contributed by atoms with Gasteiger partial charge in [-0.25, -0.2) is 4.98 Å². The number of benzene rings is 1. The molecule has 3 aromatic rings. The fourth-order valence-electron chi connectivity index (χ4n) is 3.06. The lowest BCUT2D eigenvalue weighted by Crippen LogP contribution is -2.35. The van der Waals surface area contributed by atoms with Gasteiger partial charge in [0.2, 0.25) is 5.91 Å². The first-order valence-electron chi connectivity index (χ1n) is 9.01. The lowest BCUT2D eigenvalue weighted by Gasteiger charge is -2.12. The lowest BCUT2D eigenvalue weighted by atomic mass is 10.2. The maximum absolute atomic E-state index is 12.7. The van der Waals surface area contributed by atoms with Crippen LogP contribution in [0.15, 0.2) is 46.3 Å². The molecule has 4 rings (SSSR count). The predicted octanol–water partition coefficient (Wildman–Crippen LogP) is 3.67. The molecule has 2 aromatic heterocycles. The van der Waals surface area contributed by atoms with Gasteiger partial charge in [0, 0.05) is 18.0 Å². The van der Waals surface area contributed by atoms with Gasteiger partial charge in [-0.15, -0.1) is 11.3 Å². The average Bonchev–Trinajstić information content (AvgIpc) is 3.44. The number of fused-ring (bicyclic) bond motifs is 1. The molecule has 1 atom stereocenters. The minimum Gasteiger partial charge on any atom is -0.353 e. The first kappa shape index (κ1) is 18.3. The van der Waals surface area contributed by atoms with E-state index < -0.39 is 0 Å². The summed E-state index contributed by atoms with van der Waals surface area (Å²) >= 11 is 2.82. The largest absolute Gasteiger partial charge is 0.353 e. The van der Waals surface area contributed by atoms with Crippen LogP contribution in [-0.4, -0.2) is 27.3 Å². The van der Waals surface area contributed by atoms with Crippen LogP contribution in [0.4, 0.5) is 0 Å². The quantitative estimate of drug-likeness (QED) is 0.507. The third-order valence-corrected chi connectivity index (χ3v) is 6.95. The molecule has 0 aliphatic heterocycles. The highest BCUT2D eigenvalue weighted by Crippen LogP contribution is 2.33. The predicted molar refractivity (Wildman–Crippen MR) is 111 cm³/mol. The topological polar surface area (TPSA) is 64.0 Å². The molecule has 0 saturated heterocycles. The van der Waals surface area contributed by atoms with E-state index in [0.717, 1.165) is 10.4 Å². The van der Waals surface area contributed by atoms with Crippen LogP contribution in [0.3, 0.4) is 0 Å². The molecule has 7 heteroatoms. The van der Waals surface area contributed by atoms with Crippen LogP contribution < -0.4 is 10.9 Å². The summed E-state index contributed by atoms with van der Waals surface area (Å²) in [6, 6.07) is 12.1. The van der Waals surface area contributed by atoms with E-state index in [-0.39, 0.29) is 23.3 Å². The number of nitrogens with zero attached hydrogens (tertiary/aromatic N) is 2. The van der Waals surface area contributed by atoms with E-state index in [1.54, 1.807) is 7.05 Å². The maximum atomic E-state index is 12.7. The van der Waals surface area contributed by atoms with Gasteiger partial charge in [-0.1, -0.05) is 42.1 Å². The number of hydrogen-bond donors (Lipinski definition) is 1. The smallest absolute Gasteiger partial charge is 0.262 e. The van der Waals surface area contributed by atoms with Crippen molar-refractivity contribution in [1.29, 1.82) is 0 Å². The molecule has 5 nitrogen and oxygen atoms in total. The second-order valence-electron chi connectivity index (χ2n) is 6.94. The van der Waals surface area contributed by atoms with E-state index in [9.17, 15) is 9.59 Å². The van der Waals surface area contributed by atoms with E-state index in [1.165, 1.54) is 40.5 Å². The fourth-order valence-corrected chi connectivity index (χ4v) is 4.92. The molecule has 1 unspecified atom stereocenters. The molecule has 2 heterocycles. The molecule has 0 bridgehead atoms. The molecular formula is C20H21N3O2S2. The van der Waals surface area contributed by atoms with E-state index >= 15 is 0 Å². The van der Waals surface area contributed by atoms with Gasteiger partial charge < -0.3 is 5.32 Å². The van der Waals surface area contributed by atoms with Crippen LogP contribution in [0.25, 0.3) is 20.7 Å². The maximum Gasteiger partial charge on any atom is 0.262 e. The molecule has 0 spiro atoms. The van der Waals surface area contributed by atoms with E-state index in [0.29, 0.717) is 21.3 Å². The molecule has 1 aliphatic rings. The Kier molecular flexibility index (Phi) is 5.06. The van der Waals surface area contributed by atoms with Crippen molar-refractivity contribution in [3.05, 3.63) is 46.8 Å². The van der Waals surface area contributed by atoms with Crippen LogP contribution in [0, 0.1) is 5.92 Å². The average molecular weight is 400 g/mol. The molecule has 1 saturated carbocycles. The monoisotopic (exact) mass is 399 g/mol. The van der Waals surface area contributed by atoms with E-state index in [1.807, 2.05) is 36.4 Å². The van der Waals surface area contributed by atoms with Crippen LogP contribution in [0.5, 0.6) is 0 Å². The number of hydrogen-bond acceptors (Lipinski definition) is 5. The first-order chi connectivity index (χ1) is 13.0. The fraction of sp³-hybridized carbons (Fsp3) is 0.350. The van der Waals surface area contributed by atoms with Crippen LogP contribution >= 0.6 is 23.1 Å². The van der Waals surface area contributed by atoms with Crippen LogP contribution in [-0.2, 0) is 11.8 Å². The lowest BCUT2D eigenvalue weighted by molar-refractivity contribution is -0.119. The van der Waals surface area contributed by atoms with Crippen molar-refractivity contribution < 1.29 is 4.79 Å². The molecule has 1 amide bonds. The summed E-state index contributed by atoms with van der Waals surface area (Å²) in [6.07, 6.45) is 2.40. The molecule has 1 fully saturated rings. The minimum absolute atomic E-state index is 0.00935. The van der Waals surface area contributed by atoms with Crippen molar-refractivity contribution in [3.63, 3.8) is 0 Å². The van der Waals surface area contributed by atoms with Crippen molar-refractivity contribution in [2.75, 3.05) is 5.75 Å². The zero-order chi connectivity index (χ0) is 19.0. The van der Waals surface area contributed by atoms with Crippen molar-refractivity contribution in [3.8, 4) is 10.4 Å². The van der Waals surface area contributed by atoms with Crippen molar-refractivity contribution in [1.82, 2.24) is 14.9 Å².